The summed E-state index contributed by atoms with van der Waals surface area (Å²) in [6.07, 6.45) is -4.85. The zero-order valence-electron chi connectivity index (χ0n) is 13.5. The molecule has 11 heteroatoms. The van der Waals surface area contributed by atoms with Gasteiger partial charge >= 0.3 is 6.18 Å². The fourth-order valence-corrected chi connectivity index (χ4v) is 3.47. The van der Waals surface area contributed by atoms with E-state index in [0.29, 0.717) is 0 Å². The molecule has 0 atom stereocenters. The first-order chi connectivity index (χ1) is 13.0. The van der Waals surface area contributed by atoms with Crippen LogP contribution in [0.5, 0.6) is 0 Å². The molecule has 0 amide bonds. The lowest BCUT2D eigenvalue weighted by Gasteiger charge is -2.14. The van der Waals surface area contributed by atoms with Gasteiger partial charge in [-0.05, 0) is 42.0 Å². The van der Waals surface area contributed by atoms with E-state index in [1.54, 1.807) is 0 Å². The predicted octanol–water partition coefficient (Wildman–Crippen LogP) is 5.55. The molecule has 0 unspecified atom stereocenters. The van der Waals surface area contributed by atoms with Gasteiger partial charge in [0, 0.05) is 21.8 Å². The average molecular weight is 451 g/mol. The Bertz CT molecular complexity index is 1130. The number of hydrogen-bond donors (Lipinski definition) is 0. The second kappa shape index (κ2) is 7.31. The van der Waals surface area contributed by atoms with Gasteiger partial charge in [0.2, 0.25) is 5.82 Å². The summed E-state index contributed by atoms with van der Waals surface area (Å²) in [4.78, 5) is 6.67. The lowest BCUT2D eigenvalue weighted by atomic mass is 10.0. The Morgan fingerprint density at radius 3 is 1.89 bits per heavy atom. The fraction of sp³-hybridized carbons (Fsp3) is 0.0588. The Labute approximate surface area is 166 Å². The lowest BCUT2D eigenvalue weighted by Crippen LogP contribution is -2.12. The predicted molar refractivity (Wildman–Crippen MR) is 95.9 cm³/mol. The van der Waals surface area contributed by atoms with Gasteiger partial charge in [-0.25, -0.2) is 22.8 Å². The van der Waals surface area contributed by atoms with E-state index in [0.717, 1.165) is 12.1 Å². The molecule has 0 aliphatic carbocycles. The van der Waals surface area contributed by atoms with Crippen molar-refractivity contribution in [3.8, 4) is 22.4 Å². The van der Waals surface area contributed by atoms with Crippen molar-refractivity contribution >= 4 is 31.3 Å². The van der Waals surface area contributed by atoms with Crippen LogP contribution in [0.4, 0.5) is 17.6 Å². The van der Waals surface area contributed by atoms with Gasteiger partial charge < -0.3 is 0 Å². The van der Waals surface area contributed by atoms with E-state index in [-0.39, 0.29) is 27.3 Å². The van der Waals surface area contributed by atoms with E-state index in [9.17, 15) is 26.0 Å². The minimum Gasteiger partial charge on any atom is -0.224 e. The van der Waals surface area contributed by atoms with Crippen molar-refractivity contribution in [3.63, 3.8) is 0 Å². The standard InChI is InChI=1S/C17H8Cl2F4N2O2S/c18-15-13(9-3-7-12(8-4-9)28(19,26)27)14(10-1-5-11(20)6-2-10)24-16(25-15)17(21,22)23/h1-8H. The molecule has 3 aromatic rings. The highest BCUT2D eigenvalue weighted by Crippen LogP contribution is 2.38. The second-order valence-electron chi connectivity index (χ2n) is 5.53. The van der Waals surface area contributed by atoms with Crippen LogP contribution in [0.3, 0.4) is 0 Å². The minimum absolute atomic E-state index is 0.0276. The fourth-order valence-electron chi connectivity index (χ4n) is 2.42. The Kier molecular flexibility index (Phi) is 5.35. The Hall–Kier alpha value is -2.23. The van der Waals surface area contributed by atoms with E-state index in [4.69, 9.17) is 22.3 Å². The number of benzene rings is 2. The van der Waals surface area contributed by atoms with Gasteiger partial charge in [0.1, 0.15) is 11.0 Å². The van der Waals surface area contributed by atoms with Crippen molar-refractivity contribution < 1.29 is 26.0 Å². The van der Waals surface area contributed by atoms with Crippen molar-refractivity contribution in [1.29, 1.82) is 0 Å². The molecule has 2 aromatic carbocycles. The first-order valence-electron chi connectivity index (χ1n) is 7.42. The van der Waals surface area contributed by atoms with Crippen molar-refractivity contribution in [3.05, 3.63) is 65.3 Å². The molecular formula is C17H8Cl2F4N2O2S. The summed E-state index contributed by atoms with van der Waals surface area (Å²) in [6, 6.07) is 9.56. The van der Waals surface area contributed by atoms with Crippen LogP contribution in [0.2, 0.25) is 5.15 Å². The third-order valence-electron chi connectivity index (χ3n) is 3.66. The summed E-state index contributed by atoms with van der Waals surface area (Å²) in [5.41, 5.74) is 0.260. The lowest BCUT2D eigenvalue weighted by molar-refractivity contribution is -0.144. The summed E-state index contributed by atoms with van der Waals surface area (Å²) in [5.74, 6) is -2.04. The van der Waals surface area contributed by atoms with Gasteiger partial charge in [-0.2, -0.15) is 13.2 Å². The van der Waals surface area contributed by atoms with Crippen LogP contribution in [0.1, 0.15) is 5.82 Å². The molecule has 146 valence electrons. The number of hydrogen-bond acceptors (Lipinski definition) is 4. The minimum atomic E-state index is -4.85. The van der Waals surface area contributed by atoms with Crippen LogP contribution in [-0.4, -0.2) is 18.4 Å². The molecule has 1 aromatic heterocycles. The molecule has 0 radical (unpaired) electrons. The normalized spacial score (nSPS) is 12.2. The molecule has 0 bridgehead atoms. The highest BCUT2D eigenvalue weighted by molar-refractivity contribution is 8.13. The van der Waals surface area contributed by atoms with Gasteiger partial charge in [-0.1, -0.05) is 23.7 Å². The number of aromatic nitrogens is 2. The molecule has 0 N–H and O–H groups in total. The first-order valence-corrected chi connectivity index (χ1v) is 10.1. The molecular weight excluding hydrogens is 443 g/mol. The molecule has 0 aliphatic heterocycles. The molecule has 0 aliphatic rings. The molecule has 0 spiro atoms. The van der Waals surface area contributed by atoms with Gasteiger partial charge in [0.25, 0.3) is 9.05 Å². The van der Waals surface area contributed by atoms with Crippen LogP contribution in [0.25, 0.3) is 22.4 Å². The monoisotopic (exact) mass is 450 g/mol. The van der Waals surface area contributed by atoms with Crippen LogP contribution in [0, 0.1) is 5.82 Å². The number of nitrogens with zero attached hydrogens (tertiary/aromatic N) is 2. The number of halogens is 6. The topological polar surface area (TPSA) is 59.9 Å². The maximum Gasteiger partial charge on any atom is 0.451 e. The smallest absolute Gasteiger partial charge is 0.224 e. The SMILES string of the molecule is O=S(=O)(Cl)c1ccc(-c2c(Cl)nc(C(F)(F)F)nc2-c2ccc(F)cc2)cc1. The van der Waals surface area contributed by atoms with E-state index in [1.165, 1.54) is 36.4 Å². The summed E-state index contributed by atoms with van der Waals surface area (Å²) in [7, 11) is 1.27. The molecule has 0 saturated carbocycles. The van der Waals surface area contributed by atoms with Crippen molar-refractivity contribution in [2.24, 2.45) is 0 Å². The largest absolute Gasteiger partial charge is 0.451 e. The summed E-state index contributed by atoms with van der Waals surface area (Å²) < 4.78 is 75.3. The van der Waals surface area contributed by atoms with E-state index >= 15 is 0 Å². The van der Waals surface area contributed by atoms with E-state index in [2.05, 4.69) is 9.97 Å². The van der Waals surface area contributed by atoms with E-state index < -0.39 is 32.0 Å². The number of rotatable bonds is 3. The number of alkyl halides is 3. The molecule has 1 heterocycles. The molecule has 28 heavy (non-hydrogen) atoms. The summed E-state index contributed by atoms with van der Waals surface area (Å²) in [6.45, 7) is 0. The van der Waals surface area contributed by atoms with Crippen LogP contribution in [0.15, 0.2) is 53.4 Å². The zero-order valence-corrected chi connectivity index (χ0v) is 15.8. The Morgan fingerprint density at radius 1 is 0.857 bits per heavy atom. The van der Waals surface area contributed by atoms with Crippen LogP contribution < -0.4 is 0 Å². The van der Waals surface area contributed by atoms with Crippen LogP contribution in [-0.2, 0) is 15.2 Å². The van der Waals surface area contributed by atoms with Crippen LogP contribution >= 0.6 is 22.3 Å². The van der Waals surface area contributed by atoms with E-state index in [1.807, 2.05) is 0 Å². The van der Waals surface area contributed by atoms with Crippen molar-refractivity contribution in [2.75, 3.05) is 0 Å². The van der Waals surface area contributed by atoms with Crippen molar-refractivity contribution in [2.45, 2.75) is 11.1 Å². The third kappa shape index (κ3) is 4.26. The Morgan fingerprint density at radius 2 is 1.39 bits per heavy atom. The third-order valence-corrected chi connectivity index (χ3v) is 5.30. The molecule has 0 saturated heterocycles. The van der Waals surface area contributed by atoms with Gasteiger partial charge in [0.05, 0.1) is 10.6 Å². The molecule has 0 fully saturated rings. The Balaban J connectivity index is 2.26. The highest BCUT2D eigenvalue weighted by atomic mass is 35.7. The van der Waals surface area contributed by atoms with Crippen molar-refractivity contribution in [1.82, 2.24) is 9.97 Å². The zero-order chi connectivity index (χ0) is 20.7. The highest BCUT2D eigenvalue weighted by Gasteiger charge is 2.36. The quantitative estimate of drug-likeness (QED) is 0.298. The summed E-state index contributed by atoms with van der Waals surface area (Å²) >= 11 is 6.02. The maximum absolute atomic E-state index is 13.2. The maximum atomic E-state index is 13.2. The van der Waals surface area contributed by atoms with Gasteiger partial charge in [0.15, 0.2) is 0 Å². The second-order valence-corrected chi connectivity index (χ2v) is 8.45. The summed E-state index contributed by atoms with van der Waals surface area (Å²) in [5, 5.41) is -0.497. The van der Waals surface area contributed by atoms with Gasteiger partial charge in [-0.3, -0.25) is 0 Å². The van der Waals surface area contributed by atoms with Gasteiger partial charge in [-0.15, -0.1) is 0 Å². The molecule has 3 rings (SSSR count). The first kappa shape index (κ1) is 20.5. The molecule has 4 nitrogen and oxygen atoms in total. The average Bonchev–Trinajstić information content (AvgIpc) is 2.60.